The zero-order chi connectivity index (χ0) is 22.5. The normalized spacial score (nSPS) is 21.6. The summed E-state index contributed by atoms with van der Waals surface area (Å²) in [6, 6.07) is 5.32. The Balaban J connectivity index is 0.000000396. The van der Waals surface area contributed by atoms with Gasteiger partial charge in [-0.1, -0.05) is 0 Å². The molecule has 0 aromatic carbocycles. The number of hydrogen-bond acceptors (Lipinski definition) is 6. The number of carboxylic acids is 1. The number of piperidine rings is 1. The number of carboxylic acid groups (broad SMARTS) is 1. The Morgan fingerprint density at radius 1 is 1.30 bits per heavy atom. The summed E-state index contributed by atoms with van der Waals surface area (Å²) in [6.45, 7) is 10.8. The van der Waals surface area contributed by atoms with Crippen molar-refractivity contribution in [2.75, 3.05) is 38.3 Å². The number of alkyl halides is 3. The Morgan fingerprint density at radius 3 is 2.33 bits per heavy atom. The minimum Gasteiger partial charge on any atom is -0.475 e. The van der Waals surface area contributed by atoms with E-state index in [9.17, 15) is 13.2 Å². The van der Waals surface area contributed by atoms with Crippen LogP contribution in [0.4, 0.5) is 19.0 Å². The molecule has 170 valence electrons. The van der Waals surface area contributed by atoms with E-state index in [-0.39, 0.29) is 0 Å². The molecule has 0 radical (unpaired) electrons. The first-order valence-electron chi connectivity index (χ1n) is 10.1. The van der Waals surface area contributed by atoms with Gasteiger partial charge < -0.3 is 14.7 Å². The number of anilines is 1. The predicted octanol–water partition coefficient (Wildman–Crippen LogP) is 3.13. The van der Waals surface area contributed by atoms with Crippen LogP contribution in [0.15, 0.2) is 12.1 Å². The molecule has 2 saturated heterocycles. The van der Waals surface area contributed by atoms with Gasteiger partial charge in [0.2, 0.25) is 0 Å². The summed E-state index contributed by atoms with van der Waals surface area (Å²) in [7, 11) is 1.82. The lowest BCUT2D eigenvalue weighted by atomic mass is 9.76. The van der Waals surface area contributed by atoms with Gasteiger partial charge in [0.15, 0.2) is 5.82 Å². The molecule has 1 atom stereocenters. The second-order valence-corrected chi connectivity index (χ2v) is 8.40. The number of methoxy groups -OCH3 is 1. The Labute approximate surface area is 175 Å². The van der Waals surface area contributed by atoms with Crippen LogP contribution >= 0.6 is 0 Å². The molecule has 1 N–H and O–H groups in total. The highest BCUT2D eigenvalue weighted by molar-refractivity contribution is 5.73. The third-order valence-corrected chi connectivity index (χ3v) is 5.85. The lowest BCUT2D eigenvalue weighted by Crippen LogP contribution is -2.43. The lowest BCUT2D eigenvalue weighted by molar-refractivity contribution is -0.192. The second kappa shape index (κ2) is 9.91. The smallest absolute Gasteiger partial charge is 0.475 e. The van der Waals surface area contributed by atoms with Crippen LogP contribution in [-0.4, -0.2) is 77.8 Å². The average Bonchev–Trinajstić information content (AvgIpc) is 3.01. The van der Waals surface area contributed by atoms with Crippen molar-refractivity contribution in [3.05, 3.63) is 17.8 Å². The van der Waals surface area contributed by atoms with E-state index >= 15 is 0 Å². The van der Waals surface area contributed by atoms with Gasteiger partial charge in [0.05, 0.1) is 12.3 Å². The first kappa shape index (κ1) is 24.3. The van der Waals surface area contributed by atoms with Crippen molar-refractivity contribution in [2.24, 2.45) is 5.41 Å². The molecule has 2 fully saturated rings. The van der Waals surface area contributed by atoms with Gasteiger partial charge in [-0.2, -0.15) is 18.3 Å². The molecule has 0 saturated carbocycles. The maximum Gasteiger partial charge on any atom is 0.490 e. The van der Waals surface area contributed by atoms with Crippen LogP contribution in [0, 0.1) is 12.3 Å². The molecule has 30 heavy (non-hydrogen) atoms. The minimum absolute atomic E-state index is 0.460. The van der Waals surface area contributed by atoms with Crippen molar-refractivity contribution in [3.8, 4) is 0 Å². The molecular weight excluding hydrogens is 401 g/mol. The van der Waals surface area contributed by atoms with Crippen LogP contribution in [0.5, 0.6) is 0 Å². The highest BCUT2D eigenvalue weighted by Gasteiger charge is 2.46. The summed E-state index contributed by atoms with van der Waals surface area (Å²) in [4.78, 5) is 13.9. The minimum atomic E-state index is -5.08. The molecule has 0 aliphatic carbocycles. The number of rotatable bonds is 4. The van der Waals surface area contributed by atoms with Gasteiger partial charge in [0.1, 0.15) is 0 Å². The molecule has 2 aliphatic rings. The second-order valence-electron chi connectivity index (χ2n) is 8.40. The number of likely N-dealkylation sites (tertiary alicyclic amines) is 1. The van der Waals surface area contributed by atoms with Crippen molar-refractivity contribution in [1.29, 1.82) is 0 Å². The van der Waals surface area contributed by atoms with Crippen LogP contribution in [-0.2, 0) is 9.53 Å². The Hall–Kier alpha value is -1.94. The molecule has 1 unspecified atom stereocenters. The molecule has 7 nitrogen and oxygen atoms in total. The first-order chi connectivity index (χ1) is 14.0. The van der Waals surface area contributed by atoms with Gasteiger partial charge >= 0.3 is 12.1 Å². The standard InChI is InChI=1S/C18H30N4O.C2HF3O2/c1-14(2)22-13-18(11-16(22)12-23-4)7-9-21(10-8-18)17-6-5-15(3)19-20-17;3-2(4,5)1(6)7/h5-6,14,16H,7-13H2,1-4H3;(H,6,7). The largest absolute Gasteiger partial charge is 0.490 e. The highest BCUT2D eigenvalue weighted by Crippen LogP contribution is 2.44. The first-order valence-corrected chi connectivity index (χ1v) is 10.1. The molecule has 3 heterocycles. The van der Waals surface area contributed by atoms with E-state index in [2.05, 4.69) is 46.0 Å². The van der Waals surface area contributed by atoms with Gasteiger partial charge in [-0.05, 0) is 57.6 Å². The van der Waals surface area contributed by atoms with Crippen LogP contribution in [0.1, 0.15) is 38.8 Å². The number of carbonyl (C=O) groups is 1. The van der Waals surface area contributed by atoms with Crippen LogP contribution in [0.2, 0.25) is 0 Å². The fourth-order valence-corrected chi connectivity index (χ4v) is 4.28. The highest BCUT2D eigenvalue weighted by atomic mass is 19.4. The van der Waals surface area contributed by atoms with Crippen molar-refractivity contribution < 1.29 is 27.8 Å². The number of hydrogen-bond donors (Lipinski definition) is 1. The average molecular weight is 432 g/mol. The van der Waals surface area contributed by atoms with E-state index in [1.54, 1.807) is 0 Å². The summed E-state index contributed by atoms with van der Waals surface area (Å²) in [5.41, 5.74) is 1.44. The number of aryl methyl sites for hydroxylation is 1. The molecule has 1 aromatic rings. The fraction of sp³-hybridized carbons (Fsp3) is 0.750. The lowest BCUT2D eigenvalue weighted by Gasteiger charge is -2.40. The van der Waals surface area contributed by atoms with Gasteiger partial charge in [0, 0.05) is 38.8 Å². The quantitative estimate of drug-likeness (QED) is 0.783. The van der Waals surface area contributed by atoms with E-state index in [0.29, 0.717) is 17.5 Å². The molecular formula is C20H31F3N4O3. The summed E-state index contributed by atoms with van der Waals surface area (Å²) in [6.07, 6.45) is -1.33. The zero-order valence-electron chi connectivity index (χ0n) is 17.9. The molecule has 10 heteroatoms. The van der Waals surface area contributed by atoms with E-state index in [1.165, 1.54) is 25.8 Å². The number of halogens is 3. The number of aromatic nitrogens is 2. The molecule has 2 aliphatic heterocycles. The number of aliphatic carboxylic acids is 1. The summed E-state index contributed by atoms with van der Waals surface area (Å²) >= 11 is 0. The van der Waals surface area contributed by atoms with E-state index < -0.39 is 12.1 Å². The van der Waals surface area contributed by atoms with Crippen LogP contribution < -0.4 is 4.90 Å². The zero-order valence-corrected chi connectivity index (χ0v) is 17.9. The molecule has 3 rings (SSSR count). The Kier molecular flexibility index (Phi) is 8.04. The van der Waals surface area contributed by atoms with Crippen molar-refractivity contribution in [2.45, 2.75) is 58.3 Å². The Bertz CT molecular complexity index is 690. The van der Waals surface area contributed by atoms with Crippen LogP contribution in [0.25, 0.3) is 0 Å². The monoisotopic (exact) mass is 432 g/mol. The molecule has 1 aromatic heterocycles. The molecule has 0 bridgehead atoms. The Morgan fingerprint density at radius 2 is 1.90 bits per heavy atom. The summed E-state index contributed by atoms with van der Waals surface area (Å²) in [5, 5.41) is 15.7. The van der Waals surface area contributed by atoms with E-state index in [4.69, 9.17) is 14.6 Å². The van der Waals surface area contributed by atoms with E-state index in [0.717, 1.165) is 31.2 Å². The van der Waals surface area contributed by atoms with Crippen LogP contribution in [0.3, 0.4) is 0 Å². The maximum absolute atomic E-state index is 10.6. The number of ether oxygens (including phenoxy) is 1. The maximum atomic E-state index is 10.6. The third kappa shape index (κ3) is 6.28. The molecule has 0 amide bonds. The van der Waals surface area contributed by atoms with Gasteiger partial charge in [0.25, 0.3) is 0 Å². The van der Waals surface area contributed by atoms with Gasteiger partial charge in [-0.3, -0.25) is 4.90 Å². The summed E-state index contributed by atoms with van der Waals surface area (Å²) in [5.74, 6) is -1.73. The topological polar surface area (TPSA) is 78.8 Å². The fourth-order valence-electron chi connectivity index (χ4n) is 4.28. The van der Waals surface area contributed by atoms with Crippen molar-refractivity contribution >= 4 is 11.8 Å². The molecule has 1 spiro atoms. The van der Waals surface area contributed by atoms with Gasteiger partial charge in [-0.15, -0.1) is 5.10 Å². The van der Waals surface area contributed by atoms with Crippen molar-refractivity contribution in [3.63, 3.8) is 0 Å². The van der Waals surface area contributed by atoms with Crippen molar-refractivity contribution in [1.82, 2.24) is 15.1 Å². The summed E-state index contributed by atoms with van der Waals surface area (Å²) < 4.78 is 37.2. The van der Waals surface area contributed by atoms with Gasteiger partial charge in [-0.25, -0.2) is 4.79 Å². The third-order valence-electron chi connectivity index (χ3n) is 5.85. The predicted molar refractivity (Wildman–Crippen MR) is 106 cm³/mol. The van der Waals surface area contributed by atoms with E-state index in [1.807, 2.05) is 14.0 Å². The number of nitrogens with zero attached hydrogens (tertiary/aromatic N) is 4. The SMILES string of the molecule is COCC1CC2(CCN(c3ccc(C)nn3)CC2)CN1C(C)C.O=C(O)C(F)(F)F.